The van der Waals surface area contributed by atoms with Gasteiger partial charge in [-0.15, -0.1) is 0 Å². The van der Waals surface area contributed by atoms with Gasteiger partial charge in [-0.25, -0.2) is 9.18 Å². The predicted octanol–water partition coefficient (Wildman–Crippen LogP) is 1.75. The van der Waals surface area contributed by atoms with Gasteiger partial charge < -0.3 is 14.4 Å². The lowest BCUT2D eigenvalue weighted by Crippen LogP contribution is -2.38. The molecule has 6 nitrogen and oxygen atoms in total. The number of carbonyl (C=O) groups excluding carboxylic acids is 2. The molecule has 0 fully saturated rings. The number of carbonyl (C=O) groups is 2. The van der Waals surface area contributed by atoms with Crippen LogP contribution in [-0.4, -0.2) is 43.6 Å². The van der Waals surface area contributed by atoms with Gasteiger partial charge in [-0.05, 0) is 19.1 Å². The van der Waals surface area contributed by atoms with Crippen molar-refractivity contribution < 1.29 is 23.5 Å². The highest BCUT2D eigenvalue weighted by atomic mass is 19.1. The molecular weight excluding hydrogens is 291 g/mol. The summed E-state index contributed by atoms with van der Waals surface area (Å²) in [5, 5.41) is 8.48. The molecule has 1 aromatic rings. The molecule has 0 aliphatic carbocycles. The normalized spacial score (nSPS) is 11.2. The van der Waals surface area contributed by atoms with E-state index in [0.29, 0.717) is 0 Å². The van der Waals surface area contributed by atoms with E-state index in [4.69, 9.17) is 14.7 Å². The van der Waals surface area contributed by atoms with Crippen LogP contribution in [0, 0.1) is 17.1 Å². The van der Waals surface area contributed by atoms with Crippen LogP contribution in [-0.2, 0) is 9.53 Å². The summed E-state index contributed by atoms with van der Waals surface area (Å²) < 4.78 is 23.6. The molecule has 1 aromatic carbocycles. The molecule has 22 heavy (non-hydrogen) atoms. The second-order valence-electron chi connectivity index (χ2n) is 4.56. The first-order chi connectivity index (χ1) is 10.4. The van der Waals surface area contributed by atoms with Crippen molar-refractivity contribution in [1.82, 2.24) is 4.90 Å². The average molecular weight is 308 g/mol. The lowest BCUT2D eigenvalue weighted by molar-refractivity contribution is -0.138. The molecule has 0 aliphatic rings. The maximum absolute atomic E-state index is 13.8. The van der Waals surface area contributed by atoms with Crippen molar-refractivity contribution in [2.45, 2.75) is 19.4 Å². The molecule has 0 aliphatic heterocycles. The Hall–Kier alpha value is -2.62. The molecular formula is C15H17FN2O4. The van der Waals surface area contributed by atoms with Crippen molar-refractivity contribution in [3.05, 3.63) is 29.6 Å². The van der Waals surface area contributed by atoms with E-state index in [1.54, 1.807) is 0 Å². The van der Waals surface area contributed by atoms with E-state index in [2.05, 4.69) is 0 Å². The summed E-state index contributed by atoms with van der Waals surface area (Å²) in [5.41, 5.74) is -0.278. The van der Waals surface area contributed by atoms with Crippen LogP contribution in [0.5, 0.6) is 5.75 Å². The van der Waals surface area contributed by atoms with Gasteiger partial charge in [0.2, 0.25) is 0 Å². The molecule has 0 spiro atoms. The van der Waals surface area contributed by atoms with E-state index in [9.17, 15) is 14.0 Å². The summed E-state index contributed by atoms with van der Waals surface area (Å²) >= 11 is 0. The highest BCUT2D eigenvalue weighted by Gasteiger charge is 2.23. The fourth-order valence-corrected chi connectivity index (χ4v) is 1.70. The number of hydrogen-bond donors (Lipinski definition) is 0. The Kier molecular flexibility index (Phi) is 6.32. The first kappa shape index (κ1) is 17.4. The van der Waals surface area contributed by atoms with Crippen molar-refractivity contribution in [3.8, 4) is 11.8 Å². The third kappa shape index (κ3) is 4.45. The highest BCUT2D eigenvalue weighted by molar-refractivity contribution is 5.92. The zero-order valence-electron chi connectivity index (χ0n) is 12.6. The number of nitriles is 1. The van der Waals surface area contributed by atoms with Gasteiger partial charge in [0, 0.05) is 19.7 Å². The monoisotopic (exact) mass is 308 g/mol. The van der Waals surface area contributed by atoms with Gasteiger partial charge in [0.05, 0.1) is 25.2 Å². The number of amides is 1. The SMILES string of the molecule is COc1ccc(C(=O)O[C@H](C)C(=O)N(C)CCC#N)c(F)c1. The van der Waals surface area contributed by atoms with E-state index >= 15 is 0 Å². The van der Waals surface area contributed by atoms with Crippen LogP contribution in [0.25, 0.3) is 0 Å². The van der Waals surface area contributed by atoms with Crippen LogP contribution in [0.1, 0.15) is 23.7 Å². The zero-order chi connectivity index (χ0) is 16.7. The average Bonchev–Trinajstić information content (AvgIpc) is 2.51. The molecule has 0 N–H and O–H groups in total. The van der Waals surface area contributed by atoms with E-state index in [0.717, 1.165) is 6.07 Å². The molecule has 7 heteroatoms. The van der Waals surface area contributed by atoms with E-state index in [-0.39, 0.29) is 24.3 Å². The molecule has 0 heterocycles. The summed E-state index contributed by atoms with van der Waals surface area (Å²) in [5.74, 6) is -1.91. The fraction of sp³-hybridized carbons (Fsp3) is 0.400. The molecule has 1 amide bonds. The van der Waals surface area contributed by atoms with Gasteiger partial charge in [0.1, 0.15) is 11.6 Å². The molecule has 0 saturated heterocycles. The second-order valence-corrected chi connectivity index (χ2v) is 4.56. The minimum atomic E-state index is -1.07. The van der Waals surface area contributed by atoms with Crippen molar-refractivity contribution >= 4 is 11.9 Å². The second kappa shape index (κ2) is 7.98. The lowest BCUT2D eigenvalue weighted by atomic mass is 10.2. The smallest absolute Gasteiger partial charge is 0.341 e. The summed E-state index contributed by atoms with van der Waals surface area (Å²) in [4.78, 5) is 25.1. The first-order valence-electron chi connectivity index (χ1n) is 6.57. The molecule has 1 rings (SSSR count). The topological polar surface area (TPSA) is 79.6 Å². The van der Waals surface area contributed by atoms with Gasteiger partial charge in [-0.1, -0.05) is 0 Å². The Labute approximate surface area is 128 Å². The number of likely N-dealkylation sites (N-methyl/N-ethyl adjacent to an activating group) is 1. The lowest BCUT2D eigenvalue weighted by Gasteiger charge is -2.20. The summed E-state index contributed by atoms with van der Waals surface area (Å²) in [6.45, 7) is 1.62. The van der Waals surface area contributed by atoms with Gasteiger partial charge in [-0.3, -0.25) is 4.79 Å². The van der Waals surface area contributed by atoms with Crippen LogP contribution >= 0.6 is 0 Å². The third-order valence-electron chi connectivity index (χ3n) is 2.96. The maximum atomic E-state index is 13.8. The highest BCUT2D eigenvalue weighted by Crippen LogP contribution is 2.17. The number of hydrogen-bond acceptors (Lipinski definition) is 5. The quantitative estimate of drug-likeness (QED) is 0.748. The molecule has 0 unspecified atom stereocenters. The molecule has 0 bridgehead atoms. The Bertz CT molecular complexity index is 598. The number of rotatable bonds is 6. The molecule has 118 valence electrons. The van der Waals surface area contributed by atoms with Crippen molar-refractivity contribution in [2.24, 2.45) is 0 Å². The molecule has 0 saturated carbocycles. The predicted molar refractivity (Wildman–Crippen MR) is 75.7 cm³/mol. The van der Waals surface area contributed by atoms with Crippen LogP contribution in [0.4, 0.5) is 4.39 Å². The summed E-state index contributed by atoms with van der Waals surface area (Å²) in [6.07, 6.45) is -0.895. The maximum Gasteiger partial charge on any atom is 0.341 e. The van der Waals surface area contributed by atoms with E-state index in [1.807, 2.05) is 6.07 Å². The van der Waals surface area contributed by atoms with E-state index < -0.39 is 23.8 Å². The zero-order valence-corrected chi connectivity index (χ0v) is 12.6. The van der Waals surface area contributed by atoms with Gasteiger partial charge >= 0.3 is 5.97 Å². The van der Waals surface area contributed by atoms with Crippen LogP contribution in [0.15, 0.2) is 18.2 Å². The molecule has 1 atom stereocenters. The van der Waals surface area contributed by atoms with Crippen molar-refractivity contribution in [1.29, 1.82) is 5.26 Å². The van der Waals surface area contributed by atoms with Crippen molar-refractivity contribution in [2.75, 3.05) is 20.7 Å². The number of nitrogens with zero attached hydrogens (tertiary/aromatic N) is 2. The largest absolute Gasteiger partial charge is 0.497 e. The minimum absolute atomic E-state index is 0.177. The fourth-order valence-electron chi connectivity index (χ4n) is 1.70. The number of benzene rings is 1. The standard InChI is InChI=1S/C15H17FN2O4/c1-10(14(19)18(2)8-4-7-17)22-15(20)12-6-5-11(21-3)9-13(12)16/h5-6,9-10H,4,8H2,1-3H3/t10-/m1/s1. The summed E-state index contributed by atoms with van der Waals surface area (Å²) in [6, 6.07) is 5.62. The minimum Gasteiger partial charge on any atom is -0.497 e. The number of halogens is 1. The van der Waals surface area contributed by atoms with Gasteiger partial charge in [0.25, 0.3) is 5.91 Å². The Morgan fingerprint density at radius 2 is 2.14 bits per heavy atom. The van der Waals surface area contributed by atoms with E-state index in [1.165, 1.54) is 38.1 Å². The van der Waals surface area contributed by atoms with Crippen LogP contribution in [0.3, 0.4) is 0 Å². The Balaban J connectivity index is 2.72. The molecule has 0 radical (unpaired) electrons. The number of ether oxygens (including phenoxy) is 2. The van der Waals surface area contributed by atoms with Crippen LogP contribution < -0.4 is 4.74 Å². The number of methoxy groups -OCH3 is 1. The first-order valence-corrected chi connectivity index (χ1v) is 6.57. The van der Waals surface area contributed by atoms with Crippen LogP contribution in [0.2, 0.25) is 0 Å². The Morgan fingerprint density at radius 3 is 2.68 bits per heavy atom. The molecule has 0 aromatic heterocycles. The Morgan fingerprint density at radius 1 is 1.45 bits per heavy atom. The third-order valence-corrected chi connectivity index (χ3v) is 2.96. The van der Waals surface area contributed by atoms with Gasteiger partial charge in [-0.2, -0.15) is 5.26 Å². The number of esters is 1. The van der Waals surface area contributed by atoms with Crippen molar-refractivity contribution in [3.63, 3.8) is 0 Å². The van der Waals surface area contributed by atoms with Gasteiger partial charge in [0.15, 0.2) is 6.10 Å². The summed E-state index contributed by atoms with van der Waals surface area (Å²) in [7, 11) is 2.88.